The van der Waals surface area contributed by atoms with E-state index < -0.39 is 0 Å². The van der Waals surface area contributed by atoms with Crippen LogP contribution in [0, 0.1) is 0 Å². The van der Waals surface area contributed by atoms with Crippen molar-refractivity contribution in [1.29, 1.82) is 0 Å². The van der Waals surface area contributed by atoms with Crippen LogP contribution in [0.3, 0.4) is 0 Å². The van der Waals surface area contributed by atoms with Gasteiger partial charge in [-0.1, -0.05) is 19.9 Å². The van der Waals surface area contributed by atoms with Crippen LogP contribution in [0.5, 0.6) is 11.5 Å². The number of ether oxygens (including phenoxy) is 1. The third-order valence-electron chi connectivity index (χ3n) is 3.38. The van der Waals surface area contributed by atoms with E-state index in [9.17, 15) is 5.11 Å². The van der Waals surface area contributed by atoms with Crippen LogP contribution >= 0.6 is 0 Å². The molecule has 0 saturated carbocycles. The van der Waals surface area contributed by atoms with Crippen LogP contribution in [0.2, 0.25) is 0 Å². The Labute approximate surface area is 122 Å². The summed E-state index contributed by atoms with van der Waals surface area (Å²) in [5.41, 5.74) is 1.13. The summed E-state index contributed by atoms with van der Waals surface area (Å²) in [6, 6.07) is 5.52. The maximum atomic E-state index is 9.64. The molecule has 0 radical (unpaired) electrons. The largest absolute Gasteiger partial charge is 0.504 e. The van der Waals surface area contributed by atoms with E-state index >= 15 is 0 Å². The zero-order valence-corrected chi connectivity index (χ0v) is 13.0. The Morgan fingerprint density at radius 3 is 2.60 bits per heavy atom. The Morgan fingerprint density at radius 2 is 1.95 bits per heavy atom. The lowest BCUT2D eigenvalue weighted by atomic mass is 10.2. The molecule has 0 amide bonds. The van der Waals surface area contributed by atoms with E-state index in [1.54, 1.807) is 6.07 Å². The van der Waals surface area contributed by atoms with Gasteiger partial charge in [-0.3, -0.25) is 0 Å². The third kappa shape index (κ3) is 5.80. The highest BCUT2D eigenvalue weighted by Gasteiger charge is 2.03. The molecule has 114 valence electrons. The van der Waals surface area contributed by atoms with Crippen LogP contribution in [0.4, 0.5) is 0 Å². The van der Waals surface area contributed by atoms with E-state index in [0.717, 1.165) is 44.7 Å². The molecule has 0 fully saturated rings. The molecule has 0 aliphatic rings. The molecule has 0 saturated heterocycles. The van der Waals surface area contributed by atoms with Gasteiger partial charge < -0.3 is 20.1 Å². The minimum Gasteiger partial charge on any atom is -0.504 e. The minimum absolute atomic E-state index is 0.206. The average Bonchev–Trinajstić information content (AvgIpc) is 2.46. The van der Waals surface area contributed by atoms with Crippen LogP contribution in [-0.4, -0.2) is 42.8 Å². The first kappa shape index (κ1) is 16.8. The number of phenolic OH excluding ortho intramolecular Hbond substituents is 1. The van der Waals surface area contributed by atoms with Gasteiger partial charge in [0.2, 0.25) is 0 Å². The number of hydrogen-bond donors (Lipinski definition) is 2. The molecule has 1 rings (SSSR count). The number of aromatic hydroxyl groups is 1. The summed E-state index contributed by atoms with van der Waals surface area (Å²) < 4.78 is 5.38. The molecule has 4 nitrogen and oxygen atoms in total. The Balaban J connectivity index is 2.30. The Kier molecular flexibility index (Phi) is 8.07. The maximum absolute atomic E-state index is 9.64. The molecule has 2 N–H and O–H groups in total. The van der Waals surface area contributed by atoms with Gasteiger partial charge in [-0.25, -0.2) is 0 Å². The van der Waals surface area contributed by atoms with Gasteiger partial charge in [0.05, 0.1) is 6.61 Å². The van der Waals surface area contributed by atoms with Crippen molar-refractivity contribution in [2.75, 3.05) is 32.8 Å². The molecule has 0 aliphatic carbocycles. The van der Waals surface area contributed by atoms with Gasteiger partial charge in [-0.2, -0.15) is 0 Å². The summed E-state index contributed by atoms with van der Waals surface area (Å²) in [5, 5.41) is 13.1. The number of phenols is 1. The predicted octanol–water partition coefficient (Wildman–Crippen LogP) is 2.61. The molecule has 0 heterocycles. The van der Waals surface area contributed by atoms with Crippen molar-refractivity contribution in [1.82, 2.24) is 10.2 Å². The highest BCUT2D eigenvalue weighted by atomic mass is 16.5. The molecule has 1 aromatic rings. The lowest BCUT2D eigenvalue weighted by molar-refractivity contribution is 0.298. The fourth-order valence-electron chi connectivity index (χ4n) is 2.14. The molecule has 0 bridgehead atoms. The highest BCUT2D eigenvalue weighted by molar-refractivity contribution is 5.41. The first-order chi connectivity index (χ1) is 9.71. The van der Waals surface area contributed by atoms with Crippen LogP contribution < -0.4 is 10.1 Å². The first-order valence-electron chi connectivity index (χ1n) is 7.59. The van der Waals surface area contributed by atoms with Crippen molar-refractivity contribution in [3.8, 4) is 11.5 Å². The predicted molar refractivity (Wildman–Crippen MR) is 83.4 cm³/mol. The van der Waals surface area contributed by atoms with E-state index in [1.165, 1.54) is 0 Å². The molecule has 0 unspecified atom stereocenters. The van der Waals surface area contributed by atoms with Crippen molar-refractivity contribution in [3.63, 3.8) is 0 Å². The molecular weight excluding hydrogens is 252 g/mol. The summed E-state index contributed by atoms with van der Waals surface area (Å²) in [4.78, 5) is 2.43. The summed E-state index contributed by atoms with van der Waals surface area (Å²) in [6.45, 7) is 12.1. The van der Waals surface area contributed by atoms with Gasteiger partial charge in [0.25, 0.3) is 0 Å². The van der Waals surface area contributed by atoms with Gasteiger partial charge in [0.15, 0.2) is 11.5 Å². The van der Waals surface area contributed by atoms with E-state index in [-0.39, 0.29) is 5.75 Å². The van der Waals surface area contributed by atoms with Crippen molar-refractivity contribution >= 4 is 0 Å². The Morgan fingerprint density at radius 1 is 1.20 bits per heavy atom. The average molecular weight is 280 g/mol. The monoisotopic (exact) mass is 280 g/mol. The topological polar surface area (TPSA) is 44.7 Å². The maximum Gasteiger partial charge on any atom is 0.161 e. The van der Waals surface area contributed by atoms with E-state index in [4.69, 9.17) is 4.74 Å². The third-order valence-corrected chi connectivity index (χ3v) is 3.38. The Hall–Kier alpha value is -1.26. The van der Waals surface area contributed by atoms with Crippen LogP contribution in [-0.2, 0) is 6.54 Å². The molecule has 0 aromatic heterocycles. The zero-order chi connectivity index (χ0) is 14.8. The lowest BCUT2D eigenvalue weighted by Crippen LogP contribution is -2.27. The molecular formula is C16H28N2O2. The van der Waals surface area contributed by atoms with Gasteiger partial charge in [0, 0.05) is 6.54 Å². The van der Waals surface area contributed by atoms with Crippen molar-refractivity contribution in [3.05, 3.63) is 23.8 Å². The number of nitrogens with one attached hydrogen (secondary N) is 1. The molecule has 1 aromatic carbocycles. The quantitative estimate of drug-likeness (QED) is 0.647. The van der Waals surface area contributed by atoms with Gasteiger partial charge >= 0.3 is 0 Å². The smallest absolute Gasteiger partial charge is 0.161 e. The van der Waals surface area contributed by atoms with E-state index in [2.05, 4.69) is 24.1 Å². The summed E-state index contributed by atoms with van der Waals surface area (Å²) >= 11 is 0. The van der Waals surface area contributed by atoms with Gasteiger partial charge in [0.1, 0.15) is 0 Å². The van der Waals surface area contributed by atoms with Gasteiger partial charge in [-0.15, -0.1) is 0 Å². The van der Waals surface area contributed by atoms with Crippen molar-refractivity contribution in [2.45, 2.75) is 33.7 Å². The fraction of sp³-hybridized carbons (Fsp3) is 0.625. The molecule has 0 spiro atoms. The molecule has 4 heteroatoms. The SMILES string of the molecule is CCOc1cc(CNCCCN(CC)CC)ccc1O. The van der Waals surface area contributed by atoms with Crippen molar-refractivity contribution in [2.24, 2.45) is 0 Å². The van der Waals surface area contributed by atoms with Crippen LogP contribution in [0.15, 0.2) is 18.2 Å². The van der Waals surface area contributed by atoms with E-state index in [1.807, 2.05) is 19.1 Å². The number of benzene rings is 1. The zero-order valence-electron chi connectivity index (χ0n) is 13.0. The molecule has 0 atom stereocenters. The second kappa shape index (κ2) is 9.61. The lowest BCUT2D eigenvalue weighted by Gasteiger charge is -2.17. The normalized spacial score (nSPS) is 11.0. The summed E-state index contributed by atoms with van der Waals surface area (Å²) in [5.74, 6) is 0.770. The van der Waals surface area contributed by atoms with Crippen LogP contribution in [0.1, 0.15) is 32.8 Å². The minimum atomic E-state index is 0.206. The van der Waals surface area contributed by atoms with Crippen molar-refractivity contribution < 1.29 is 9.84 Å². The molecule has 20 heavy (non-hydrogen) atoms. The second-order valence-corrected chi connectivity index (χ2v) is 4.79. The van der Waals surface area contributed by atoms with E-state index in [0.29, 0.717) is 12.4 Å². The summed E-state index contributed by atoms with van der Waals surface area (Å²) in [6.07, 6.45) is 1.15. The number of hydrogen-bond acceptors (Lipinski definition) is 4. The first-order valence-corrected chi connectivity index (χ1v) is 7.59. The van der Waals surface area contributed by atoms with Crippen LogP contribution in [0.25, 0.3) is 0 Å². The number of rotatable bonds is 10. The number of nitrogens with zero attached hydrogens (tertiary/aromatic N) is 1. The highest BCUT2D eigenvalue weighted by Crippen LogP contribution is 2.26. The fourth-order valence-corrected chi connectivity index (χ4v) is 2.14. The van der Waals surface area contributed by atoms with Gasteiger partial charge in [-0.05, 0) is 57.2 Å². The standard InChI is InChI=1S/C16H28N2O2/c1-4-18(5-2)11-7-10-17-13-14-8-9-15(19)16(12-14)20-6-3/h8-9,12,17,19H,4-7,10-11,13H2,1-3H3. The summed E-state index contributed by atoms with van der Waals surface area (Å²) in [7, 11) is 0. The Bertz CT molecular complexity index is 379. The second-order valence-electron chi connectivity index (χ2n) is 4.79. The molecule has 0 aliphatic heterocycles.